The molecule has 1 amide bonds. The van der Waals surface area contributed by atoms with Gasteiger partial charge in [0, 0.05) is 6.54 Å². The van der Waals surface area contributed by atoms with Crippen molar-refractivity contribution in [2.45, 2.75) is 12.7 Å². The van der Waals surface area contributed by atoms with Crippen molar-refractivity contribution in [3.05, 3.63) is 35.9 Å². The lowest BCUT2D eigenvalue weighted by molar-refractivity contribution is 0.00192. The number of hydrogen-bond acceptors (Lipinski definition) is 4. The monoisotopic (exact) mass is 280 g/mol. The van der Waals surface area contributed by atoms with Gasteiger partial charge >= 0.3 is 6.09 Å². The summed E-state index contributed by atoms with van der Waals surface area (Å²) in [5.74, 6) is 0. The second-order valence-electron chi connectivity index (χ2n) is 4.25. The summed E-state index contributed by atoms with van der Waals surface area (Å²) in [6.07, 6.45) is -0.749. The summed E-state index contributed by atoms with van der Waals surface area (Å²) < 4.78 is 10.6. The van der Waals surface area contributed by atoms with Crippen molar-refractivity contribution >= 4 is 23.3 Å². The average molecular weight is 280 g/mol. The lowest BCUT2D eigenvalue weighted by Crippen LogP contribution is -2.50. The molecule has 1 aliphatic heterocycles. The molecule has 19 heavy (non-hydrogen) atoms. The molecule has 0 unspecified atom stereocenters. The van der Waals surface area contributed by atoms with Crippen LogP contribution in [0.3, 0.4) is 0 Å². The number of amides is 1. The van der Waals surface area contributed by atoms with Crippen molar-refractivity contribution in [2.24, 2.45) is 5.73 Å². The number of benzene rings is 1. The molecular weight excluding hydrogens is 264 g/mol. The first kappa shape index (κ1) is 13.8. The van der Waals surface area contributed by atoms with E-state index in [0.29, 0.717) is 19.7 Å². The third-order valence-corrected chi connectivity index (χ3v) is 3.11. The van der Waals surface area contributed by atoms with E-state index in [-0.39, 0.29) is 23.8 Å². The standard InChI is InChI=1S/C13H16N2O3S/c14-12(19)11-8-15(6-7-17-11)13(16)18-9-10-4-2-1-3-5-10/h1-5,11H,6-9H2,(H2,14,19)/t11-/m0/s1. The lowest BCUT2D eigenvalue weighted by Gasteiger charge is -2.31. The molecule has 1 aromatic carbocycles. The third-order valence-electron chi connectivity index (χ3n) is 2.85. The van der Waals surface area contributed by atoms with Crippen LogP contribution in [0.4, 0.5) is 4.79 Å². The van der Waals surface area contributed by atoms with Gasteiger partial charge in [0.1, 0.15) is 17.7 Å². The molecule has 2 N–H and O–H groups in total. The van der Waals surface area contributed by atoms with Gasteiger partial charge in [0.2, 0.25) is 0 Å². The normalized spacial score (nSPS) is 18.9. The summed E-state index contributed by atoms with van der Waals surface area (Å²) in [5.41, 5.74) is 6.48. The second-order valence-corrected chi connectivity index (χ2v) is 4.72. The molecule has 102 valence electrons. The first-order valence-electron chi connectivity index (χ1n) is 6.03. The molecule has 6 heteroatoms. The van der Waals surface area contributed by atoms with Gasteiger partial charge in [0.25, 0.3) is 0 Å². The van der Waals surface area contributed by atoms with Crippen LogP contribution in [0.2, 0.25) is 0 Å². The van der Waals surface area contributed by atoms with Crippen molar-refractivity contribution in [3.8, 4) is 0 Å². The summed E-state index contributed by atoms with van der Waals surface area (Å²) in [7, 11) is 0. The highest BCUT2D eigenvalue weighted by molar-refractivity contribution is 7.80. The van der Waals surface area contributed by atoms with Gasteiger partial charge in [-0.2, -0.15) is 0 Å². The predicted molar refractivity (Wildman–Crippen MR) is 74.7 cm³/mol. The van der Waals surface area contributed by atoms with Gasteiger partial charge in [-0.05, 0) is 5.56 Å². The fourth-order valence-electron chi connectivity index (χ4n) is 1.80. The number of hydrogen-bond donors (Lipinski definition) is 1. The highest BCUT2D eigenvalue weighted by atomic mass is 32.1. The molecule has 1 fully saturated rings. The van der Waals surface area contributed by atoms with Gasteiger partial charge in [0.15, 0.2) is 0 Å². The van der Waals surface area contributed by atoms with Crippen LogP contribution in [-0.2, 0) is 16.1 Å². The Labute approximate surface area is 117 Å². The van der Waals surface area contributed by atoms with E-state index in [1.807, 2.05) is 30.3 Å². The molecule has 1 heterocycles. The quantitative estimate of drug-likeness (QED) is 0.846. The van der Waals surface area contributed by atoms with Crippen LogP contribution in [0.5, 0.6) is 0 Å². The smallest absolute Gasteiger partial charge is 0.410 e. The van der Waals surface area contributed by atoms with E-state index in [1.165, 1.54) is 0 Å². The molecule has 0 aromatic heterocycles. The molecule has 2 rings (SSSR count). The number of nitrogens with zero attached hydrogens (tertiary/aromatic N) is 1. The van der Waals surface area contributed by atoms with Crippen LogP contribution in [0, 0.1) is 0 Å². The minimum absolute atomic E-state index is 0.259. The topological polar surface area (TPSA) is 64.8 Å². The highest BCUT2D eigenvalue weighted by Crippen LogP contribution is 2.09. The van der Waals surface area contributed by atoms with Crippen molar-refractivity contribution < 1.29 is 14.3 Å². The number of carbonyl (C=O) groups excluding carboxylic acids is 1. The lowest BCUT2D eigenvalue weighted by atomic mass is 10.2. The first-order chi connectivity index (χ1) is 9.16. The van der Waals surface area contributed by atoms with Gasteiger partial charge in [-0.15, -0.1) is 0 Å². The van der Waals surface area contributed by atoms with E-state index in [4.69, 9.17) is 27.4 Å². The van der Waals surface area contributed by atoms with E-state index < -0.39 is 0 Å². The summed E-state index contributed by atoms with van der Waals surface area (Å²) in [6, 6.07) is 9.54. The van der Waals surface area contributed by atoms with Crippen LogP contribution in [0.15, 0.2) is 30.3 Å². The molecular formula is C13H16N2O3S. The van der Waals surface area contributed by atoms with Crippen LogP contribution in [0.25, 0.3) is 0 Å². The number of rotatable bonds is 3. The molecule has 0 spiro atoms. The van der Waals surface area contributed by atoms with Crippen molar-refractivity contribution in [1.82, 2.24) is 4.90 Å². The van der Waals surface area contributed by atoms with Crippen molar-refractivity contribution in [2.75, 3.05) is 19.7 Å². The van der Waals surface area contributed by atoms with Gasteiger partial charge < -0.3 is 20.1 Å². The van der Waals surface area contributed by atoms with Crippen LogP contribution in [-0.4, -0.2) is 41.8 Å². The van der Waals surface area contributed by atoms with Crippen LogP contribution >= 0.6 is 12.2 Å². The van der Waals surface area contributed by atoms with E-state index in [1.54, 1.807) is 4.90 Å². The number of carbonyl (C=O) groups is 1. The van der Waals surface area contributed by atoms with E-state index >= 15 is 0 Å². The molecule has 1 aromatic rings. The molecule has 0 bridgehead atoms. The van der Waals surface area contributed by atoms with Crippen LogP contribution in [0.1, 0.15) is 5.56 Å². The molecule has 0 radical (unpaired) electrons. The molecule has 5 nitrogen and oxygen atoms in total. The van der Waals surface area contributed by atoms with Crippen LogP contribution < -0.4 is 5.73 Å². The van der Waals surface area contributed by atoms with E-state index in [9.17, 15) is 4.79 Å². The summed E-state index contributed by atoms with van der Waals surface area (Å²) >= 11 is 4.87. The third kappa shape index (κ3) is 3.90. The number of ether oxygens (including phenoxy) is 2. The predicted octanol–water partition coefficient (Wildman–Crippen LogP) is 1.31. The average Bonchev–Trinajstić information content (AvgIpc) is 2.46. The number of nitrogens with two attached hydrogens (primary N) is 1. The Kier molecular flexibility index (Phi) is 4.70. The van der Waals surface area contributed by atoms with E-state index in [2.05, 4.69) is 0 Å². The highest BCUT2D eigenvalue weighted by Gasteiger charge is 2.26. The second kappa shape index (κ2) is 6.49. The maximum absolute atomic E-state index is 11.9. The minimum atomic E-state index is -0.381. The maximum atomic E-state index is 11.9. The Bertz CT molecular complexity index is 452. The number of thiocarbonyl (C=S) groups is 1. The van der Waals surface area contributed by atoms with E-state index in [0.717, 1.165) is 5.56 Å². The zero-order valence-electron chi connectivity index (χ0n) is 10.5. The van der Waals surface area contributed by atoms with Gasteiger partial charge in [-0.25, -0.2) is 4.79 Å². The molecule has 1 aliphatic rings. The molecule has 1 saturated heterocycles. The van der Waals surface area contributed by atoms with Crippen molar-refractivity contribution in [3.63, 3.8) is 0 Å². The molecule has 0 aliphatic carbocycles. The maximum Gasteiger partial charge on any atom is 0.410 e. The summed E-state index contributed by atoms with van der Waals surface area (Å²) in [6.45, 7) is 1.52. The van der Waals surface area contributed by atoms with Crippen molar-refractivity contribution in [1.29, 1.82) is 0 Å². The Morgan fingerprint density at radius 3 is 2.89 bits per heavy atom. The first-order valence-corrected chi connectivity index (χ1v) is 6.44. The Morgan fingerprint density at radius 2 is 2.21 bits per heavy atom. The fourth-order valence-corrected chi connectivity index (χ4v) is 1.94. The minimum Gasteiger partial charge on any atom is -0.445 e. The largest absolute Gasteiger partial charge is 0.445 e. The molecule has 0 saturated carbocycles. The fraction of sp³-hybridized carbons (Fsp3) is 0.385. The SMILES string of the molecule is NC(=S)[C@@H]1CN(C(=O)OCc2ccccc2)CCO1. The summed E-state index contributed by atoms with van der Waals surface area (Å²) in [4.78, 5) is 13.7. The van der Waals surface area contributed by atoms with Gasteiger partial charge in [0.05, 0.1) is 13.2 Å². The Balaban J connectivity index is 1.84. The number of morpholine rings is 1. The zero-order chi connectivity index (χ0) is 13.7. The Hall–Kier alpha value is -1.66. The molecule has 1 atom stereocenters. The Morgan fingerprint density at radius 1 is 1.47 bits per heavy atom. The zero-order valence-corrected chi connectivity index (χ0v) is 11.3. The van der Waals surface area contributed by atoms with Gasteiger partial charge in [-0.3, -0.25) is 0 Å². The van der Waals surface area contributed by atoms with Gasteiger partial charge in [-0.1, -0.05) is 42.5 Å². The summed E-state index contributed by atoms with van der Waals surface area (Å²) in [5, 5.41) is 0.